The number of aromatic nitrogens is 4. The lowest BCUT2D eigenvalue weighted by molar-refractivity contribution is 0.112. The predicted molar refractivity (Wildman–Crippen MR) is 92.2 cm³/mol. The Bertz CT molecular complexity index is 699. The molecule has 0 unspecified atom stereocenters. The van der Waals surface area contributed by atoms with Crippen LogP contribution in [-0.2, 0) is 22.1 Å². The van der Waals surface area contributed by atoms with Gasteiger partial charge in [-0.3, -0.25) is 5.10 Å². The van der Waals surface area contributed by atoms with Crippen molar-refractivity contribution in [3.8, 4) is 0 Å². The van der Waals surface area contributed by atoms with E-state index in [1.54, 1.807) is 0 Å². The highest BCUT2D eigenvalue weighted by Gasteiger charge is 2.09. The van der Waals surface area contributed by atoms with E-state index in [0.717, 1.165) is 28.2 Å². The van der Waals surface area contributed by atoms with Crippen molar-refractivity contribution in [2.45, 2.75) is 19.1 Å². The number of anilines is 2. The molecule has 2 heterocycles. The minimum absolute atomic E-state index is 0.0485. The van der Waals surface area contributed by atoms with Crippen LogP contribution in [-0.4, -0.2) is 56.8 Å². The van der Waals surface area contributed by atoms with Crippen LogP contribution in [0, 0.1) is 5.82 Å². The molecule has 0 aliphatic rings. The van der Waals surface area contributed by atoms with E-state index in [9.17, 15) is 9.18 Å². The van der Waals surface area contributed by atoms with Crippen LogP contribution >= 0.6 is 0 Å². The van der Waals surface area contributed by atoms with Crippen LogP contribution in [0.2, 0.25) is 0 Å². The number of nitrogens with one attached hydrogen (secondary N) is 3. The Morgan fingerprint density at radius 3 is 3.04 bits per heavy atom. The zero-order valence-corrected chi connectivity index (χ0v) is 16.1. The van der Waals surface area contributed by atoms with Gasteiger partial charge in [0.25, 0.3) is 0 Å². The first-order valence-corrected chi connectivity index (χ1v) is 9.26. The Hall–Kier alpha value is -2.53. The number of aromatic amines is 1. The van der Waals surface area contributed by atoms with Crippen molar-refractivity contribution in [2.24, 2.45) is 0 Å². The van der Waals surface area contributed by atoms with Crippen molar-refractivity contribution in [2.75, 3.05) is 25.6 Å². The van der Waals surface area contributed by atoms with Crippen LogP contribution in [0.15, 0.2) is 12.3 Å². The molecule has 11 heteroatoms. The predicted octanol–water partition coefficient (Wildman–Crippen LogP) is 0.210. The van der Waals surface area contributed by atoms with E-state index in [1.165, 1.54) is 7.11 Å². The van der Waals surface area contributed by atoms with Crippen LogP contribution in [0.5, 0.6) is 0 Å². The van der Waals surface area contributed by atoms with Crippen LogP contribution in [0.4, 0.5) is 20.8 Å². The van der Waals surface area contributed by atoms with Crippen molar-refractivity contribution in [1.29, 1.82) is 0 Å². The molecule has 0 saturated heterocycles. The number of carbonyl (C=O) groups is 1. The molecule has 2 rings (SSSR count). The van der Waals surface area contributed by atoms with E-state index in [-0.39, 0.29) is 12.4 Å². The molecule has 9 nitrogen and oxygen atoms in total. The lowest BCUT2D eigenvalue weighted by atomic mass is 10.4. The van der Waals surface area contributed by atoms with Gasteiger partial charge in [0, 0.05) is 35.2 Å². The van der Waals surface area contributed by atoms with E-state index in [1.807, 2.05) is 6.07 Å². The third-order valence-corrected chi connectivity index (χ3v) is 3.97. The smallest absolute Gasteiger partial charge is 0.406 e. The van der Waals surface area contributed by atoms with Gasteiger partial charge < -0.3 is 20.1 Å². The van der Waals surface area contributed by atoms with Gasteiger partial charge in [0.15, 0.2) is 23.3 Å². The molecule has 2 aromatic rings. The van der Waals surface area contributed by atoms with Crippen LogP contribution in [0.1, 0.15) is 17.9 Å². The highest BCUT2D eigenvalue weighted by Crippen LogP contribution is 2.16. The summed E-state index contributed by atoms with van der Waals surface area (Å²) in [6.45, 7) is 0.974. The molecule has 0 spiro atoms. The number of hydrogen-bond acceptors (Lipinski definition) is 7. The molecule has 136 valence electrons. The van der Waals surface area contributed by atoms with Crippen LogP contribution < -0.4 is 10.6 Å². The molecular weight excluding hydrogens is 347 g/mol. The first kappa shape index (κ1) is 18.8. The minimum Gasteiger partial charge on any atom is -0.453 e. The monoisotopic (exact) mass is 368 g/mol. The number of methoxy groups -OCH3 is 1. The maximum Gasteiger partial charge on any atom is 0.406 e. The third-order valence-electron chi connectivity index (χ3n) is 3.20. The summed E-state index contributed by atoms with van der Waals surface area (Å²) in [7, 11) is 2.32. The molecule has 0 bridgehead atoms. The molecule has 2 aromatic heterocycles. The van der Waals surface area contributed by atoms with Gasteiger partial charge in [-0.1, -0.05) is 0 Å². The topological polar surface area (TPSA) is 114 Å². The zero-order chi connectivity index (χ0) is 18.1. The SMILES string of the molecule is COC(=O)NCCCOCc1ncc(F)c(Nc2cc(C[SiH3])[nH]n2)n1. The van der Waals surface area contributed by atoms with Gasteiger partial charge >= 0.3 is 6.09 Å². The largest absolute Gasteiger partial charge is 0.453 e. The molecule has 0 aliphatic heterocycles. The van der Waals surface area contributed by atoms with Crippen molar-refractivity contribution in [3.63, 3.8) is 0 Å². The van der Waals surface area contributed by atoms with E-state index < -0.39 is 11.9 Å². The Kier molecular flexibility index (Phi) is 7.29. The molecule has 1 amide bonds. The lowest BCUT2D eigenvalue weighted by Gasteiger charge is -2.07. The van der Waals surface area contributed by atoms with Gasteiger partial charge in [0.2, 0.25) is 0 Å². The third kappa shape index (κ3) is 6.12. The van der Waals surface area contributed by atoms with Gasteiger partial charge in [-0.25, -0.2) is 19.2 Å². The number of carbonyl (C=O) groups excluding carboxylic acids is 1. The molecule has 0 fully saturated rings. The van der Waals surface area contributed by atoms with E-state index in [2.05, 4.69) is 35.5 Å². The Labute approximate surface area is 147 Å². The average Bonchev–Trinajstić information content (AvgIpc) is 3.08. The van der Waals surface area contributed by atoms with Crippen LogP contribution in [0.3, 0.4) is 0 Å². The lowest BCUT2D eigenvalue weighted by Crippen LogP contribution is -2.24. The van der Waals surface area contributed by atoms with Crippen molar-refractivity contribution >= 4 is 28.0 Å². The highest BCUT2D eigenvalue weighted by molar-refractivity contribution is 6.08. The molecule has 0 saturated carbocycles. The van der Waals surface area contributed by atoms with Crippen molar-refractivity contribution in [1.82, 2.24) is 25.5 Å². The maximum atomic E-state index is 13.8. The summed E-state index contributed by atoms with van der Waals surface area (Å²) in [6.07, 6.45) is 1.22. The number of rotatable bonds is 9. The summed E-state index contributed by atoms with van der Waals surface area (Å²) < 4.78 is 23.7. The second kappa shape index (κ2) is 9.69. The van der Waals surface area contributed by atoms with Gasteiger partial charge in [0.05, 0.1) is 13.3 Å². The standard InChI is InChI=1S/C14H21FN6O3Si/c1-23-14(22)16-3-2-4-24-7-12-17-6-10(15)13(19-12)18-11-5-9(8-25)20-21-11/h5-6H,2-4,7-8H2,1,25H3,(H,16,22)(H2,17,18,19,20,21). The van der Waals surface area contributed by atoms with E-state index >= 15 is 0 Å². The quantitative estimate of drug-likeness (QED) is 0.428. The minimum atomic E-state index is -0.568. The fourth-order valence-electron chi connectivity index (χ4n) is 1.89. The number of amides is 1. The summed E-state index contributed by atoms with van der Waals surface area (Å²) in [5.74, 6) is 0.335. The molecule has 0 atom stereocenters. The number of H-pyrrole nitrogens is 1. The Morgan fingerprint density at radius 2 is 2.32 bits per heavy atom. The molecular formula is C14H21FN6O3Si. The van der Waals surface area contributed by atoms with Gasteiger partial charge in [0.1, 0.15) is 6.61 Å². The summed E-state index contributed by atoms with van der Waals surface area (Å²) in [5.41, 5.74) is 0.993. The molecule has 25 heavy (non-hydrogen) atoms. The normalized spacial score (nSPS) is 10.6. The highest BCUT2D eigenvalue weighted by atomic mass is 28.1. The first-order chi connectivity index (χ1) is 12.1. The number of ether oxygens (including phenoxy) is 2. The van der Waals surface area contributed by atoms with Gasteiger partial charge in [-0.2, -0.15) is 5.10 Å². The Balaban J connectivity index is 1.81. The fraction of sp³-hybridized carbons (Fsp3) is 0.429. The molecule has 0 aromatic carbocycles. The number of hydrogen-bond donors (Lipinski definition) is 3. The number of alkyl carbamates (subject to hydrolysis) is 1. The van der Waals surface area contributed by atoms with E-state index in [4.69, 9.17) is 4.74 Å². The van der Waals surface area contributed by atoms with Crippen molar-refractivity contribution < 1.29 is 18.7 Å². The fourth-order valence-corrected chi connectivity index (χ4v) is 2.25. The summed E-state index contributed by atoms with van der Waals surface area (Å²) in [4.78, 5) is 18.9. The second-order valence-corrected chi connectivity index (χ2v) is 5.77. The van der Waals surface area contributed by atoms with Gasteiger partial charge in [-0.05, 0) is 12.5 Å². The average molecular weight is 368 g/mol. The van der Waals surface area contributed by atoms with Crippen LogP contribution in [0.25, 0.3) is 0 Å². The van der Waals surface area contributed by atoms with Crippen molar-refractivity contribution in [3.05, 3.63) is 29.6 Å². The van der Waals surface area contributed by atoms with Gasteiger partial charge in [-0.15, -0.1) is 0 Å². The summed E-state index contributed by atoms with van der Waals surface area (Å²) >= 11 is 0. The maximum absolute atomic E-state index is 13.8. The molecule has 0 aliphatic carbocycles. The summed E-state index contributed by atoms with van der Waals surface area (Å²) in [5, 5.41) is 12.3. The van der Waals surface area contributed by atoms with E-state index in [0.29, 0.717) is 31.2 Å². The zero-order valence-electron chi connectivity index (χ0n) is 14.1. The Morgan fingerprint density at radius 1 is 1.48 bits per heavy atom. The number of nitrogens with zero attached hydrogens (tertiary/aromatic N) is 3. The number of halogens is 1. The second-order valence-electron chi connectivity index (χ2n) is 5.06. The molecule has 3 N–H and O–H groups in total. The first-order valence-electron chi connectivity index (χ1n) is 7.84. The molecule has 0 radical (unpaired) electrons. The summed E-state index contributed by atoms with van der Waals surface area (Å²) in [6, 6.07) is 2.75.